The second-order valence-electron chi connectivity index (χ2n) is 4.25. The highest BCUT2D eigenvalue weighted by molar-refractivity contribution is 7.16. The van der Waals surface area contributed by atoms with Crippen molar-refractivity contribution >= 4 is 21.2 Å². The predicted molar refractivity (Wildman–Crippen MR) is 64.6 cm³/mol. The van der Waals surface area contributed by atoms with Crippen LogP contribution < -0.4 is 0 Å². The van der Waals surface area contributed by atoms with E-state index in [4.69, 9.17) is 14.2 Å². The number of carbonyl (C=O) groups excluding carboxylic acids is 2. The van der Waals surface area contributed by atoms with Gasteiger partial charge in [0.15, 0.2) is 0 Å². The number of hydrogen-bond acceptors (Lipinski definition) is 5. The van der Waals surface area contributed by atoms with Crippen molar-refractivity contribution < 1.29 is 23.8 Å². The average molecular weight is 262 g/mol. The van der Waals surface area contributed by atoms with Crippen LogP contribution in [0.5, 0.6) is 0 Å². The van der Waals surface area contributed by atoms with Crippen molar-refractivity contribution in [2.45, 2.75) is 12.8 Å². The molecule has 1 rings (SSSR count). The second kappa shape index (κ2) is 6.31. The Bertz CT molecular complexity index is 290. The molecule has 0 N–H and O–H groups in total. The maximum absolute atomic E-state index is 11.9. The van der Waals surface area contributed by atoms with E-state index in [1.54, 1.807) is 0 Å². The van der Waals surface area contributed by atoms with E-state index in [-0.39, 0.29) is 17.9 Å². The summed E-state index contributed by atoms with van der Waals surface area (Å²) in [5.41, 5.74) is -0.715. The van der Waals surface area contributed by atoms with Crippen molar-refractivity contribution in [1.29, 1.82) is 0 Å². The van der Waals surface area contributed by atoms with Gasteiger partial charge in [0.2, 0.25) is 0 Å². The lowest BCUT2D eigenvalue weighted by atomic mass is 9.76. The number of hydrogen-bond donors (Lipinski definition) is 0. The Morgan fingerprint density at radius 1 is 1.41 bits per heavy atom. The van der Waals surface area contributed by atoms with Crippen LogP contribution in [0.1, 0.15) is 12.8 Å². The van der Waals surface area contributed by atoms with E-state index < -0.39 is 5.41 Å². The first-order valence-corrected chi connectivity index (χ1v) is 6.35. The molecular formula is C11H19O5P. The third kappa shape index (κ3) is 3.17. The molecule has 0 aliphatic carbocycles. The van der Waals surface area contributed by atoms with Crippen molar-refractivity contribution in [2.75, 3.05) is 33.6 Å². The first-order chi connectivity index (χ1) is 8.09. The standard InChI is InChI=1S/C11H19O5P/c1-14-9(12)8-5-11(3-4-17,7-16-6-8)10(13)15-2/h8H,3-7,17H2,1-2H3. The highest BCUT2D eigenvalue weighted by Gasteiger charge is 2.46. The van der Waals surface area contributed by atoms with Gasteiger partial charge < -0.3 is 14.2 Å². The lowest BCUT2D eigenvalue weighted by Gasteiger charge is -2.37. The van der Waals surface area contributed by atoms with Gasteiger partial charge in [-0.3, -0.25) is 9.59 Å². The smallest absolute Gasteiger partial charge is 0.314 e. The van der Waals surface area contributed by atoms with Gasteiger partial charge in [0.05, 0.1) is 38.8 Å². The molecule has 0 radical (unpaired) electrons. The van der Waals surface area contributed by atoms with Crippen LogP contribution in [0, 0.1) is 11.3 Å². The number of carbonyl (C=O) groups is 2. The van der Waals surface area contributed by atoms with E-state index in [0.29, 0.717) is 26.1 Å². The Morgan fingerprint density at radius 2 is 2.12 bits per heavy atom. The van der Waals surface area contributed by atoms with Gasteiger partial charge >= 0.3 is 11.9 Å². The van der Waals surface area contributed by atoms with Gasteiger partial charge in [-0.25, -0.2) is 0 Å². The zero-order chi connectivity index (χ0) is 12.9. The van der Waals surface area contributed by atoms with E-state index in [0.717, 1.165) is 6.16 Å². The van der Waals surface area contributed by atoms with Crippen molar-refractivity contribution in [2.24, 2.45) is 11.3 Å². The Morgan fingerprint density at radius 3 is 2.65 bits per heavy atom. The summed E-state index contributed by atoms with van der Waals surface area (Å²) in [7, 11) is 5.27. The van der Waals surface area contributed by atoms with Crippen molar-refractivity contribution in [3.05, 3.63) is 0 Å². The Labute approximate surface area is 103 Å². The zero-order valence-corrected chi connectivity index (χ0v) is 11.4. The van der Waals surface area contributed by atoms with Gasteiger partial charge in [0.25, 0.3) is 0 Å². The molecule has 0 spiro atoms. The summed E-state index contributed by atoms with van der Waals surface area (Å²) in [4.78, 5) is 23.4. The number of esters is 2. The minimum Gasteiger partial charge on any atom is -0.469 e. The molecule has 0 amide bonds. The van der Waals surface area contributed by atoms with E-state index >= 15 is 0 Å². The Balaban J connectivity index is 2.83. The molecule has 0 aromatic carbocycles. The van der Waals surface area contributed by atoms with Crippen LogP contribution in [0.25, 0.3) is 0 Å². The van der Waals surface area contributed by atoms with Crippen LogP contribution in [0.2, 0.25) is 0 Å². The van der Waals surface area contributed by atoms with Crippen molar-refractivity contribution in [3.63, 3.8) is 0 Å². The van der Waals surface area contributed by atoms with E-state index in [2.05, 4.69) is 9.24 Å². The zero-order valence-electron chi connectivity index (χ0n) is 10.2. The minimum absolute atomic E-state index is 0.307. The van der Waals surface area contributed by atoms with E-state index in [1.807, 2.05) is 0 Å². The van der Waals surface area contributed by atoms with Gasteiger partial charge in [0, 0.05) is 0 Å². The van der Waals surface area contributed by atoms with Crippen LogP contribution in [-0.4, -0.2) is 45.5 Å². The summed E-state index contributed by atoms with van der Waals surface area (Å²) in [6, 6.07) is 0. The second-order valence-corrected chi connectivity index (χ2v) is 4.83. The molecule has 6 heteroatoms. The monoisotopic (exact) mass is 262 g/mol. The molecular weight excluding hydrogens is 243 g/mol. The fraction of sp³-hybridized carbons (Fsp3) is 0.818. The maximum atomic E-state index is 11.9. The summed E-state index contributed by atoms with van der Waals surface area (Å²) in [6.07, 6.45) is 1.81. The molecule has 98 valence electrons. The largest absolute Gasteiger partial charge is 0.469 e. The molecule has 5 nitrogen and oxygen atoms in total. The first kappa shape index (κ1) is 14.4. The SMILES string of the molecule is COC(=O)C1COCC(CCP)(C(=O)OC)C1. The first-order valence-electron chi connectivity index (χ1n) is 5.53. The normalized spacial score (nSPS) is 28.5. The fourth-order valence-electron chi connectivity index (χ4n) is 2.22. The number of rotatable bonds is 4. The van der Waals surface area contributed by atoms with E-state index in [1.165, 1.54) is 14.2 Å². The highest BCUT2D eigenvalue weighted by atomic mass is 31.0. The van der Waals surface area contributed by atoms with Gasteiger partial charge in [-0.1, -0.05) is 0 Å². The van der Waals surface area contributed by atoms with Crippen LogP contribution in [0.4, 0.5) is 0 Å². The topological polar surface area (TPSA) is 61.8 Å². The third-order valence-electron chi connectivity index (χ3n) is 3.11. The molecule has 17 heavy (non-hydrogen) atoms. The lowest BCUT2D eigenvalue weighted by Crippen LogP contribution is -2.46. The Kier molecular flexibility index (Phi) is 5.34. The summed E-state index contributed by atoms with van der Waals surface area (Å²) in [6.45, 7) is 0.615. The molecule has 1 saturated heterocycles. The maximum Gasteiger partial charge on any atom is 0.314 e. The molecule has 0 bridgehead atoms. The summed E-state index contributed by atoms with van der Waals surface area (Å²) < 4.78 is 14.9. The molecule has 0 saturated carbocycles. The average Bonchev–Trinajstić information content (AvgIpc) is 2.37. The molecule has 1 fully saturated rings. The predicted octanol–water partition coefficient (Wildman–Crippen LogP) is 0.620. The molecule has 3 atom stereocenters. The van der Waals surface area contributed by atoms with Crippen molar-refractivity contribution in [3.8, 4) is 0 Å². The number of ether oxygens (including phenoxy) is 3. The summed E-state index contributed by atoms with van der Waals surface area (Å²) in [5.74, 6) is -1.03. The van der Waals surface area contributed by atoms with Crippen LogP contribution >= 0.6 is 9.24 Å². The van der Waals surface area contributed by atoms with Crippen molar-refractivity contribution in [1.82, 2.24) is 0 Å². The molecule has 1 aliphatic rings. The molecule has 0 aromatic rings. The molecule has 1 aliphatic heterocycles. The molecule has 3 unspecified atom stereocenters. The van der Waals surface area contributed by atoms with Crippen LogP contribution in [-0.2, 0) is 23.8 Å². The van der Waals surface area contributed by atoms with Crippen LogP contribution in [0.15, 0.2) is 0 Å². The summed E-state index contributed by atoms with van der Waals surface area (Å²) in [5, 5.41) is 0. The lowest BCUT2D eigenvalue weighted by molar-refractivity contribution is -0.170. The Hall–Kier alpha value is -0.670. The molecule has 1 heterocycles. The number of methoxy groups -OCH3 is 2. The summed E-state index contributed by atoms with van der Waals surface area (Å²) >= 11 is 0. The van der Waals surface area contributed by atoms with Gasteiger partial charge in [0.1, 0.15) is 0 Å². The molecule has 0 aromatic heterocycles. The van der Waals surface area contributed by atoms with Crippen LogP contribution in [0.3, 0.4) is 0 Å². The fourth-order valence-corrected chi connectivity index (χ4v) is 2.77. The minimum atomic E-state index is -0.715. The van der Waals surface area contributed by atoms with Gasteiger partial charge in [-0.05, 0) is 19.0 Å². The van der Waals surface area contributed by atoms with Gasteiger partial charge in [-0.2, -0.15) is 0 Å². The van der Waals surface area contributed by atoms with Gasteiger partial charge in [-0.15, -0.1) is 9.24 Å². The highest BCUT2D eigenvalue weighted by Crippen LogP contribution is 2.37. The quantitative estimate of drug-likeness (QED) is 0.549. The third-order valence-corrected chi connectivity index (χ3v) is 3.40. The van der Waals surface area contributed by atoms with E-state index in [9.17, 15) is 9.59 Å².